The van der Waals surface area contributed by atoms with E-state index >= 15 is 0 Å². The fraction of sp³-hybridized carbons (Fsp3) is 0.636. The van der Waals surface area contributed by atoms with Gasteiger partial charge in [-0.3, -0.25) is 4.99 Å². The Morgan fingerprint density at radius 3 is 3.00 bits per heavy atom. The minimum atomic E-state index is 0.734. The Labute approximate surface area is 169 Å². The normalized spacial score (nSPS) is 18.5. The maximum atomic E-state index is 4.75. The molecule has 6 heteroatoms. The zero-order valence-corrected chi connectivity index (χ0v) is 17.7. The van der Waals surface area contributed by atoms with Gasteiger partial charge < -0.3 is 19.9 Å². The van der Waals surface area contributed by atoms with E-state index in [0.29, 0.717) is 0 Å². The lowest BCUT2D eigenvalue weighted by molar-refractivity contribution is 0.160. The molecule has 2 N–H and O–H groups in total. The van der Waals surface area contributed by atoms with Crippen LogP contribution in [0, 0.1) is 6.92 Å². The molecule has 28 heavy (non-hydrogen) atoms. The van der Waals surface area contributed by atoms with Gasteiger partial charge in [0.1, 0.15) is 5.65 Å². The number of imidazole rings is 1. The summed E-state index contributed by atoms with van der Waals surface area (Å²) < 4.78 is 2.10. The first-order valence-electron chi connectivity index (χ1n) is 10.9. The summed E-state index contributed by atoms with van der Waals surface area (Å²) >= 11 is 0. The molecule has 0 bridgehead atoms. The number of rotatable bonds is 8. The highest BCUT2D eigenvalue weighted by Gasteiger charge is 2.17. The first-order chi connectivity index (χ1) is 13.7. The number of aromatic nitrogens is 2. The van der Waals surface area contributed by atoms with Crippen LogP contribution in [0.15, 0.2) is 29.5 Å². The molecule has 6 nitrogen and oxygen atoms in total. The van der Waals surface area contributed by atoms with E-state index in [-0.39, 0.29) is 0 Å². The molecule has 0 aromatic carbocycles. The summed E-state index contributed by atoms with van der Waals surface area (Å²) in [6.45, 7) is 11.6. The third-order valence-corrected chi connectivity index (χ3v) is 5.56. The lowest BCUT2D eigenvalue weighted by atomic mass is 10.0. The Hall–Kier alpha value is -2.08. The SMILES string of the molecule is CCNC(=NCCCN1CCCCC1C)NCCc1cn2cccc(C)c2n1. The van der Waals surface area contributed by atoms with Crippen LogP contribution >= 0.6 is 0 Å². The number of piperidine rings is 1. The molecule has 2 aromatic heterocycles. The number of nitrogens with zero attached hydrogens (tertiary/aromatic N) is 4. The van der Waals surface area contributed by atoms with Crippen LogP contribution in [0.3, 0.4) is 0 Å². The number of nitrogens with one attached hydrogen (secondary N) is 2. The molecule has 1 aliphatic rings. The van der Waals surface area contributed by atoms with E-state index in [1.54, 1.807) is 0 Å². The fourth-order valence-electron chi connectivity index (χ4n) is 3.93. The molecule has 1 aliphatic heterocycles. The highest BCUT2D eigenvalue weighted by molar-refractivity contribution is 5.79. The monoisotopic (exact) mass is 384 g/mol. The van der Waals surface area contributed by atoms with Gasteiger partial charge in [-0.05, 0) is 58.2 Å². The lowest BCUT2D eigenvalue weighted by Gasteiger charge is -2.33. The molecule has 0 saturated carbocycles. The number of hydrogen-bond acceptors (Lipinski definition) is 3. The maximum absolute atomic E-state index is 4.75. The Morgan fingerprint density at radius 1 is 1.32 bits per heavy atom. The van der Waals surface area contributed by atoms with Gasteiger partial charge in [-0.25, -0.2) is 4.98 Å². The Balaban J connectivity index is 1.44. The molecule has 3 heterocycles. The fourth-order valence-corrected chi connectivity index (χ4v) is 3.93. The zero-order chi connectivity index (χ0) is 19.8. The number of likely N-dealkylation sites (tertiary alicyclic amines) is 1. The molecule has 0 amide bonds. The number of guanidine groups is 1. The molecule has 2 aromatic rings. The summed E-state index contributed by atoms with van der Waals surface area (Å²) in [7, 11) is 0. The maximum Gasteiger partial charge on any atom is 0.191 e. The van der Waals surface area contributed by atoms with E-state index in [0.717, 1.165) is 62.4 Å². The second-order valence-corrected chi connectivity index (χ2v) is 7.83. The zero-order valence-electron chi connectivity index (χ0n) is 17.7. The third kappa shape index (κ3) is 5.71. The van der Waals surface area contributed by atoms with Crippen LogP contribution < -0.4 is 10.6 Å². The number of aryl methyl sites for hydroxylation is 1. The minimum absolute atomic E-state index is 0.734. The van der Waals surface area contributed by atoms with Crippen molar-refractivity contribution >= 4 is 11.6 Å². The molecule has 154 valence electrons. The number of aliphatic imine (C=N–C) groups is 1. The Morgan fingerprint density at radius 2 is 2.21 bits per heavy atom. The van der Waals surface area contributed by atoms with Gasteiger partial charge in [0.2, 0.25) is 0 Å². The predicted octanol–water partition coefficient (Wildman–Crippen LogP) is 3.00. The number of pyridine rings is 1. The summed E-state index contributed by atoms with van der Waals surface area (Å²) in [4.78, 5) is 12.1. The molecule has 0 spiro atoms. The molecule has 1 atom stereocenters. The number of hydrogen-bond donors (Lipinski definition) is 2. The highest BCUT2D eigenvalue weighted by atomic mass is 15.2. The lowest BCUT2D eigenvalue weighted by Crippen LogP contribution is -2.39. The van der Waals surface area contributed by atoms with Gasteiger partial charge in [0.15, 0.2) is 5.96 Å². The van der Waals surface area contributed by atoms with E-state index in [9.17, 15) is 0 Å². The van der Waals surface area contributed by atoms with Gasteiger partial charge in [0.05, 0.1) is 5.69 Å². The van der Waals surface area contributed by atoms with Crippen LogP contribution in [0.25, 0.3) is 5.65 Å². The predicted molar refractivity (Wildman–Crippen MR) is 117 cm³/mol. The van der Waals surface area contributed by atoms with Crippen molar-refractivity contribution in [3.63, 3.8) is 0 Å². The Bertz CT molecular complexity index is 765. The molecular weight excluding hydrogens is 348 g/mol. The van der Waals surface area contributed by atoms with E-state index in [1.807, 2.05) is 0 Å². The molecule has 0 aliphatic carbocycles. The van der Waals surface area contributed by atoms with Crippen LogP contribution in [0.4, 0.5) is 0 Å². The second kappa shape index (κ2) is 10.5. The minimum Gasteiger partial charge on any atom is -0.357 e. The molecule has 1 saturated heterocycles. The second-order valence-electron chi connectivity index (χ2n) is 7.83. The Kier molecular flexibility index (Phi) is 7.71. The van der Waals surface area contributed by atoms with Gasteiger partial charge >= 0.3 is 0 Å². The topological polar surface area (TPSA) is 57.0 Å². The van der Waals surface area contributed by atoms with Gasteiger partial charge in [-0.2, -0.15) is 0 Å². The molecule has 1 fully saturated rings. The van der Waals surface area contributed by atoms with Gasteiger partial charge in [-0.1, -0.05) is 12.5 Å². The largest absolute Gasteiger partial charge is 0.357 e. The number of fused-ring (bicyclic) bond motifs is 1. The summed E-state index contributed by atoms with van der Waals surface area (Å²) in [5.41, 5.74) is 3.36. The van der Waals surface area contributed by atoms with E-state index in [1.165, 1.54) is 31.4 Å². The molecule has 3 rings (SSSR count). The van der Waals surface area contributed by atoms with Crippen molar-refractivity contribution in [2.45, 2.75) is 58.9 Å². The summed E-state index contributed by atoms with van der Waals surface area (Å²) in [6, 6.07) is 4.90. The van der Waals surface area contributed by atoms with E-state index in [4.69, 9.17) is 9.98 Å². The first-order valence-corrected chi connectivity index (χ1v) is 10.9. The van der Waals surface area contributed by atoms with Crippen molar-refractivity contribution < 1.29 is 0 Å². The summed E-state index contributed by atoms with van der Waals surface area (Å²) in [5, 5.41) is 6.80. The summed E-state index contributed by atoms with van der Waals surface area (Å²) in [6.07, 6.45) is 10.3. The van der Waals surface area contributed by atoms with Crippen LogP contribution in [0.2, 0.25) is 0 Å². The first kappa shape index (κ1) is 20.6. The van der Waals surface area contributed by atoms with Gasteiger partial charge in [0.25, 0.3) is 0 Å². The van der Waals surface area contributed by atoms with Crippen LogP contribution in [0.5, 0.6) is 0 Å². The van der Waals surface area contributed by atoms with Crippen LogP contribution in [0.1, 0.15) is 50.8 Å². The van der Waals surface area contributed by atoms with Crippen LogP contribution in [-0.2, 0) is 6.42 Å². The van der Waals surface area contributed by atoms with Crippen molar-refractivity contribution in [3.8, 4) is 0 Å². The van der Waals surface area contributed by atoms with Crippen molar-refractivity contribution in [3.05, 3.63) is 35.8 Å². The average molecular weight is 385 g/mol. The smallest absolute Gasteiger partial charge is 0.191 e. The summed E-state index contributed by atoms with van der Waals surface area (Å²) in [5.74, 6) is 0.911. The van der Waals surface area contributed by atoms with E-state index in [2.05, 4.69) is 65.2 Å². The third-order valence-electron chi connectivity index (χ3n) is 5.56. The van der Waals surface area contributed by atoms with Crippen molar-refractivity contribution in [2.24, 2.45) is 4.99 Å². The van der Waals surface area contributed by atoms with Crippen molar-refractivity contribution in [2.75, 3.05) is 32.7 Å². The van der Waals surface area contributed by atoms with Crippen LogP contribution in [-0.4, -0.2) is 59.0 Å². The molecule has 1 unspecified atom stereocenters. The molecule has 0 radical (unpaired) electrons. The average Bonchev–Trinajstić information content (AvgIpc) is 3.11. The standard InChI is InChI=1S/C22H36N6/c1-4-23-22(24-12-8-16-27-14-6-5-10-19(27)3)25-13-11-20-17-28-15-7-9-18(2)21(28)26-20/h7,9,15,17,19H,4-6,8,10-14,16H2,1-3H3,(H2,23,24,25). The quantitative estimate of drug-likeness (QED) is 0.417. The van der Waals surface area contributed by atoms with Gasteiger partial charge in [-0.15, -0.1) is 0 Å². The van der Waals surface area contributed by atoms with E-state index < -0.39 is 0 Å². The van der Waals surface area contributed by atoms with Gasteiger partial charge in [0, 0.05) is 51.0 Å². The highest BCUT2D eigenvalue weighted by Crippen LogP contribution is 2.16. The molecular formula is C22H36N6. The van der Waals surface area contributed by atoms with Crippen molar-refractivity contribution in [1.82, 2.24) is 24.9 Å². The van der Waals surface area contributed by atoms with Crippen molar-refractivity contribution in [1.29, 1.82) is 0 Å².